The third kappa shape index (κ3) is 4.00. The van der Waals surface area contributed by atoms with Gasteiger partial charge in [0.1, 0.15) is 17.5 Å². The third-order valence-corrected chi connectivity index (χ3v) is 4.12. The van der Waals surface area contributed by atoms with Gasteiger partial charge in [0.05, 0.1) is 37.6 Å². The van der Waals surface area contributed by atoms with Crippen LogP contribution in [-0.4, -0.2) is 38.0 Å². The van der Waals surface area contributed by atoms with E-state index in [1.54, 1.807) is 42.5 Å². The van der Waals surface area contributed by atoms with Gasteiger partial charge in [-0.3, -0.25) is 14.4 Å². The lowest BCUT2D eigenvalue weighted by atomic mass is 10.1. The summed E-state index contributed by atoms with van der Waals surface area (Å²) < 4.78 is 10.4. The Morgan fingerprint density at radius 3 is 2.63 bits per heavy atom. The molecule has 2 aromatic carbocycles. The molecule has 8 heteroatoms. The van der Waals surface area contributed by atoms with E-state index in [2.05, 4.69) is 16.0 Å². The first-order chi connectivity index (χ1) is 13.0. The number of para-hydroxylation sites is 1. The fraction of sp³-hybridized carbons (Fsp3) is 0.211. The summed E-state index contributed by atoms with van der Waals surface area (Å²) in [6, 6.07) is 10.6. The number of hydrogen-bond donors (Lipinski definition) is 3. The van der Waals surface area contributed by atoms with Crippen molar-refractivity contribution in [2.45, 2.75) is 12.5 Å². The highest BCUT2D eigenvalue weighted by Crippen LogP contribution is 2.29. The minimum atomic E-state index is -0.999. The second-order valence-corrected chi connectivity index (χ2v) is 5.88. The Labute approximate surface area is 155 Å². The van der Waals surface area contributed by atoms with Gasteiger partial charge in [-0.2, -0.15) is 0 Å². The molecule has 3 rings (SSSR count). The number of benzene rings is 2. The first-order valence-corrected chi connectivity index (χ1v) is 8.24. The molecule has 0 radical (unpaired) electrons. The molecule has 0 fully saturated rings. The number of methoxy groups -OCH3 is 2. The van der Waals surface area contributed by atoms with Crippen LogP contribution in [-0.2, 0) is 9.59 Å². The number of hydrogen-bond acceptors (Lipinski definition) is 5. The molecule has 0 saturated carbocycles. The van der Waals surface area contributed by atoms with E-state index in [0.29, 0.717) is 28.4 Å². The van der Waals surface area contributed by atoms with Crippen LogP contribution in [0.5, 0.6) is 11.5 Å². The van der Waals surface area contributed by atoms with Gasteiger partial charge in [0.25, 0.3) is 5.91 Å². The predicted molar refractivity (Wildman–Crippen MR) is 99.1 cm³/mol. The molecular weight excluding hydrogens is 350 g/mol. The molecule has 1 heterocycles. The largest absolute Gasteiger partial charge is 0.497 e. The zero-order valence-electron chi connectivity index (χ0n) is 14.9. The Hall–Kier alpha value is -3.55. The van der Waals surface area contributed by atoms with E-state index in [1.807, 2.05) is 0 Å². The number of nitrogens with one attached hydrogen (secondary N) is 3. The van der Waals surface area contributed by atoms with Crippen LogP contribution in [0.2, 0.25) is 0 Å². The van der Waals surface area contributed by atoms with Gasteiger partial charge in [-0.1, -0.05) is 12.1 Å². The van der Waals surface area contributed by atoms with Gasteiger partial charge < -0.3 is 25.4 Å². The Morgan fingerprint density at radius 1 is 1.11 bits per heavy atom. The third-order valence-electron chi connectivity index (χ3n) is 4.12. The van der Waals surface area contributed by atoms with Gasteiger partial charge in [-0.05, 0) is 24.3 Å². The molecule has 140 valence electrons. The van der Waals surface area contributed by atoms with Gasteiger partial charge >= 0.3 is 0 Å². The van der Waals surface area contributed by atoms with Crippen molar-refractivity contribution in [1.29, 1.82) is 0 Å². The SMILES string of the molecule is COc1ccc(OC)c(NC(=O)CC2NC(=O)c3ccccc3NC2=O)c1. The monoisotopic (exact) mass is 369 g/mol. The minimum absolute atomic E-state index is 0.230. The lowest BCUT2D eigenvalue weighted by Gasteiger charge is -2.16. The topological polar surface area (TPSA) is 106 Å². The van der Waals surface area contributed by atoms with Crippen molar-refractivity contribution in [1.82, 2.24) is 5.32 Å². The van der Waals surface area contributed by atoms with E-state index >= 15 is 0 Å². The molecule has 1 unspecified atom stereocenters. The van der Waals surface area contributed by atoms with Crippen molar-refractivity contribution < 1.29 is 23.9 Å². The molecule has 0 aliphatic carbocycles. The second-order valence-electron chi connectivity index (χ2n) is 5.88. The summed E-state index contributed by atoms with van der Waals surface area (Å²) in [5.41, 5.74) is 1.17. The predicted octanol–water partition coefficient (Wildman–Crippen LogP) is 1.78. The van der Waals surface area contributed by atoms with Crippen molar-refractivity contribution in [2.24, 2.45) is 0 Å². The van der Waals surface area contributed by atoms with E-state index in [4.69, 9.17) is 9.47 Å². The summed E-state index contributed by atoms with van der Waals surface area (Å²) in [6.45, 7) is 0. The van der Waals surface area contributed by atoms with Crippen molar-refractivity contribution in [3.8, 4) is 11.5 Å². The number of fused-ring (bicyclic) bond motifs is 1. The molecule has 1 aliphatic rings. The molecule has 0 aromatic heterocycles. The Kier molecular flexibility index (Phi) is 5.25. The highest BCUT2D eigenvalue weighted by molar-refractivity contribution is 6.11. The maximum Gasteiger partial charge on any atom is 0.254 e. The maximum atomic E-state index is 12.4. The summed E-state index contributed by atoms with van der Waals surface area (Å²) >= 11 is 0. The summed E-state index contributed by atoms with van der Waals surface area (Å²) in [7, 11) is 2.99. The van der Waals surface area contributed by atoms with Gasteiger partial charge in [0.2, 0.25) is 11.8 Å². The van der Waals surface area contributed by atoms with Gasteiger partial charge in [-0.25, -0.2) is 0 Å². The standard InChI is InChI=1S/C19H19N3O5/c1-26-11-7-8-16(27-2)14(9-11)20-17(23)10-15-19(25)21-13-6-4-3-5-12(13)18(24)22-15/h3-9,15H,10H2,1-2H3,(H,20,23)(H,21,25)(H,22,24). The second kappa shape index (κ2) is 7.77. The van der Waals surface area contributed by atoms with Crippen LogP contribution in [0.25, 0.3) is 0 Å². The lowest BCUT2D eigenvalue weighted by Crippen LogP contribution is -2.43. The molecule has 0 saturated heterocycles. The number of carbonyl (C=O) groups is 3. The van der Waals surface area contributed by atoms with E-state index in [-0.39, 0.29) is 6.42 Å². The number of amides is 3. The van der Waals surface area contributed by atoms with E-state index < -0.39 is 23.8 Å². The normalized spacial score (nSPS) is 15.7. The zero-order valence-corrected chi connectivity index (χ0v) is 14.9. The van der Waals surface area contributed by atoms with Gasteiger partial charge in [0.15, 0.2) is 0 Å². The molecule has 27 heavy (non-hydrogen) atoms. The number of rotatable bonds is 5. The number of carbonyl (C=O) groups excluding carboxylic acids is 3. The Bertz CT molecular complexity index is 897. The van der Waals surface area contributed by atoms with Crippen LogP contribution in [0.15, 0.2) is 42.5 Å². The Morgan fingerprint density at radius 2 is 1.89 bits per heavy atom. The summed E-state index contributed by atoms with van der Waals surface area (Å²) in [5.74, 6) is -0.331. The number of ether oxygens (including phenoxy) is 2. The van der Waals surface area contributed by atoms with Crippen molar-refractivity contribution >= 4 is 29.1 Å². The zero-order chi connectivity index (χ0) is 19.4. The van der Waals surface area contributed by atoms with Crippen molar-refractivity contribution in [3.63, 3.8) is 0 Å². The molecule has 2 aromatic rings. The van der Waals surface area contributed by atoms with Crippen molar-refractivity contribution in [3.05, 3.63) is 48.0 Å². The van der Waals surface area contributed by atoms with E-state index in [1.165, 1.54) is 14.2 Å². The van der Waals surface area contributed by atoms with Crippen LogP contribution in [0.3, 0.4) is 0 Å². The molecule has 0 spiro atoms. The summed E-state index contributed by atoms with van der Waals surface area (Å²) in [6.07, 6.45) is -0.230. The van der Waals surface area contributed by atoms with Gasteiger partial charge in [0, 0.05) is 6.07 Å². The average molecular weight is 369 g/mol. The average Bonchev–Trinajstić information content (AvgIpc) is 2.78. The lowest BCUT2D eigenvalue weighted by molar-refractivity contribution is -0.122. The quantitative estimate of drug-likeness (QED) is 0.745. The summed E-state index contributed by atoms with van der Waals surface area (Å²) in [4.78, 5) is 37.1. The minimum Gasteiger partial charge on any atom is -0.497 e. The Balaban J connectivity index is 1.73. The van der Waals surface area contributed by atoms with Gasteiger partial charge in [-0.15, -0.1) is 0 Å². The highest BCUT2D eigenvalue weighted by Gasteiger charge is 2.29. The van der Waals surface area contributed by atoms with E-state index in [9.17, 15) is 14.4 Å². The first kappa shape index (κ1) is 18.2. The summed E-state index contributed by atoms with van der Waals surface area (Å²) in [5, 5.41) is 7.94. The molecular formula is C19H19N3O5. The van der Waals surface area contributed by atoms with Crippen LogP contribution in [0.4, 0.5) is 11.4 Å². The number of anilines is 2. The highest BCUT2D eigenvalue weighted by atomic mass is 16.5. The molecule has 8 nitrogen and oxygen atoms in total. The van der Waals surface area contributed by atoms with E-state index in [0.717, 1.165) is 0 Å². The van der Waals surface area contributed by atoms with Crippen molar-refractivity contribution in [2.75, 3.05) is 24.9 Å². The molecule has 0 bridgehead atoms. The molecule has 1 atom stereocenters. The van der Waals surface area contributed by atoms with Crippen LogP contribution < -0.4 is 25.4 Å². The molecule has 3 N–H and O–H groups in total. The molecule has 3 amide bonds. The van der Waals surface area contributed by atoms with Crippen LogP contribution in [0.1, 0.15) is 16.8 Å². The fourth-order valence-electron chi connectivity index (χ4n) is 2.75. The van der Waals surface area contributed by atoms with Crippen LogP contribution in [0, 0.1) is 0 Å². The molecule has 1 aliphatic heterocycles. The fourth-order valence-corrected chi connectivity index (χ4v) is 2.75. The smallest absolute Gasteiger partial charge is 0.254 e. The first-order valence-electron chi connectivity index (χ1n) is 8.24. The maximum absolute atomic E-state index is 12.4. The van der Waals surface area contributed by atoms with Crippen LogP contribution >= 0.6 is 0 Å².